The third-order valence-electron chi connectivity index (χ3n) is 4.88. The lowest BCUT2D eigenvalue weighted by atomic mass is 10.0. The van der Waals surface area contributed by atoms with E-state index in [0.29, 0.717) is 37.2 Å². The number of carbonyl (C=O) groups excluding carboxylic acids is 1. The van der Waals surface area contributed by atoms with Gasteiger partial charge in [0.15, 0.2) is 0 Å². The van der Waals surface area contributed by atoms with Crippen molar-refractivity contribution in [2.45, 2.75) is 31.5 Å². The number of nitrogen functional groups attached to an aromatic ring is 1. The molecule has 0 unspecified atom stereocenters. The molecule has 28 heavy (non-hydrogen) atoms. The predicted molar refractivity (Wildman–Crippen MR) is 99.2 cm³/mol. The van der Waals surface area contributed by atoms with E-state index in [-0.39, 0.29) is 24.1 Å². The number of nitrogens with zero attached hydrogens (tertiary/aromatic N) is 1. The zero-order chi connectivity index (χ0) is 20.3. The second-order valence-electron chi connectivity index (χ2n) is 6.87. The van der Waals surface area contributed by atoms with Gasteiger partial charge in [0.05, 0.1) is 23.4 Å². The summed E-state index contributed by atoms with van der Waals surface area (Å²) < 4.78 is 51.7. The molecule has 3 rings (SSSR count). The lowest BCUT2D eigenvalue weighted by Gasteiger charge is -2.33. The van der Waals surface area contributed by atoms with E-state index in [9.17, 15) is 22.4 Å². The molecule has 0 aromatic heterocycles. The van der Waals surface area contributed by atoms with Crippen LogP contribution < -0.4 is 11.1 Å². The number of halogens is 4. The van der Waals surface area contributed by atoms with Crippen LogP contribution in [-0.4, -0.2) is 29.9 Å². The van der Waals surface area contributed by atoms with Gasteiger partial charge in [-0.2, -0.15) is 13.2 Å². The van der Waals surface area contributed by atoms with Crippen molar-refractivity contribution in [3.05, 3.63) is 59.4 Å². The summed E-state index contributed by atoms with van der Waals surface area (Å²) in [5.74, 6) is -0.551. The van der Waals surface area contributed by atoms with Crippen LogP contribution >= 0.6 is 0 Å². The molecule has 8 heteroatoms. The van der Waals surface area contributed by atoms with Gasteiger partial charge in [-0.3, -0.25) is 4.79 Å². The maximum atomic E-state index is 13.9. The number of hydrogen-bond acceptors (Lipinski definition) is 3. The summed E-state index contributed by atoms with van der Waals surface area (Å²) in [4.78, 5) is 14.1. The van der Waals surface area contributed by atoms with E-state index in [1.165, 1.54) is 18.2 Å². The molecule has 0 saturated carbocycles. The van der Waals surface area contributed by atoms with Crippen molar-refractivity contribution < 1.29 is 22.4 Å². The number of nitrogens with one attached hydrogen (secondary N) is 1. The Bertz CT molecular complexity index is 808. The van der Waals surface area contributed by atoms with Gasteiger partial charge in [-0.05, 0) is 42.7 Å². The summed E-state index contributed by atoms with van der Waals surface area (Å²) in [6, 6.07) is 9.11. The normalized spacial score (nSPS) is 15.5. The van der Waals surface area contributed by atoms with Crippen LogP contribution in [0.1, 0.15) is 24.0 Å². The second-order valence-corrected chi connectivity index (χ2v) is 6.87. The summed E-state index contributed by atoms with van der Waals surface area (Å²) >= 11 is 0. The van der Waals surface area contributed by atoms with Crippen molar-refractivity contribution in [1.82, 2.24) is 4.90 Å². The number of nitrogens with two attached hydrogens (primary N) is 1. The quantitative estimate of drug-likeness (QED) is 0.606. The van der Waals surface area contributed by atoms with Crippen molar-refractivity contribution in [3.63, 3.8) is 0 Å². The van der Waals surface area contributed by atoms with Crippen LogP contribution in [0.4, 0.5) is 28.9 Å². The number of likely N-dealkylation sites (tertiary alicyclic amines) is 1. The van der Waals surface area contributed by atoms with E-state index in [2.05, 4.69) is 5.32 Å². The molecule has 0 atom stereocenters. The highest BCUT2D eigenvalue weighted by Crippen LogP contribution is 2.29. The zero-order valence-electron chi connectivity index (χ0n) is 15.1. The molecular formula is C20H21F4N3O. The van der Waals surface area contributed by atoms with Gasteiger partial charge in [0, 0.05) is 19.1 Å². The smallest absolute Gasteiger partial charge is 0.397 e. The number of carbonyl (C=O) groups is 1. The number of piperidine rings is 1. The predicted octanol–water partition coefficient (Wildman–Crippen LogP) is 4.07. The molecular weight excluding hydrogens is 374 g/mol. The third-order valence-corrected chi connectivity index (χ3v) is 4.88. The molecule has 2 aromatic carbocycles. The first-order valence-corrected chi connectivity index (χ1v) is 8.98. The van der Waals surface area contributed by atoms with Gasteiger partial charge in [0.25, 0.3) is 0 Å². The molecule has 0 spiro atoms. The minimum Gasteiger partial charge on any atom is -0.397 e. The van der Waals surface area contributed by atoms with E-state index >= 15 is 0 Å². The van der Waals surface area contributed by atoms with E-state index in [0.717, 1.165) is 12.1 Å². The van der Waals surface area contributed by atoms with Gasteiger partial charge < -0.3 is 16.0 Å². The number of alkyl halides is 3. The molecule has 1 amide bonds. The Balaban J connectivity index is 1.52. The molecule has 0 radical (unpaired) electrons. The van der Waals surface area contributed by atoms with Gasteiger partial charge >= 0.3 is 6.18 Å². The Morgan fingerprint density at radius 1 is 1.11 bits per heavy atom. The summed E-state index contributed by atoms with van der Waals surface area (Å²) in [7, 11) is 0. The number of para-hydroxylation sites is 1. The Morgan fingerprint density at radius 2 is 1.75 bits per heavy atom. The highest BCUT2D eigenvalue weighted by molar-refractivity contribution is 5.79. The Morgan fingerprint density at radius 3 is 2.32 bits per heavy atom. The Labute approximate surface area is 160 Å². The highest BCUT2D eigenvalue weighted by atomic mass is 19.4. The van der Waals surface area contributed by atoms with E-state index in [1.54, 1.807) is 17.0 Å². The van der Waals surface area contributed by atoms with Crippen molar-refractivity contribution in [2.75, 3.05) is 24.1 Å². The number of hydrogen-bond donors (Lipinski definition) is 2. The molecule has 1 heterocycles. The topological polar surface area (TPSA) is 58.4 Å². The molecule has 0 aliphatic carbocycles. The minimum atomic E-state index is -4.39. The van der Waals surface area contributed by atoms with Crippen molar-refractivity contribution >= 4 is 17.3 Å². The highest BCUT2D eigenvalue weighted by Gasteiger charge is 2.30. The van der Waals surface area contributed by atoms with Crippen LogP contribution in [0.3, 0.4) is 0 Å². The molecule has 0 bridgehead atoms. The first-order valence-electron chi connectivity index (χ1n) is 8.98. The molecule has 150 valence electrons. The van der Waals surface area contributed by atoms with Gasteiger partial charge in [-0.1, -0.05) is 18.2 Å². The molecule has 3 N–H and O–H groups in total. The Hall–Kier alpha value is -2.77. The summed E-state index contributed by atoms with van der Waals surface area (Å²) in [5, 5.41) is 3.10. The molecule has 4 nitrogen and oxygen atoms in total. The van der Waals surface area contributed by atoms with E-state index in [1.807, 2.05) is 0 Å². The molecule has 2 aromatic rings. The zero-order valence-corrected chi connectivity index (χ0v) is 15.1. The van der Waals surface area contributed by atoms with Crippen molar-refractivity contribution in [3.8, 4) is 0 Å². The number of anilines is 2. The van der Waals surface area contributed by atoms with Crippen LogP contribution in [0.25, 0.3) is 0 Å². The second kappa shape index (κ2) is 8.08. The fourth-order valence-electron chi connectivity index (χ4n) is 3.27. The minimum absolute atomic E-state index is 0.00526. The van der Waals surface area contributed by atoms with Gasteiger partial charge in [-0.15, -0.1) is 0 Å². The van der Waals surface area contributed by atoms with Crippen molar-refractivity contribution in [2.24, 2.45) is 0 Å². The Kier molecular flexibility index (Phi) is 5.76. The van der Waals surface area contributed by atoms with Crippen LogP contribution in [0.5, 0.6) is 0 Å². The van der Waals surface area contributed by atoms with E-state index < -0.39 is 17.6 Å². The first-order chi connectivity index (χ1) is 13.2. The first kappa shape index (κ1) is 20.0. The molecule has 1 fully saturated rings. The van der Waals surface area contributed by atoms with Gasteiger partial charge in [-0.25, -0.2) is 4.39 Å². The fourth-order valence-corrected chi connectivity index (χ4v) is 3.27. The maximum absolute atomic E-state index is 13.9. The lowest BCUT2D eigenvalue weighted by Crippen LogP contribution is -2.43. The molecule has 1 saturated heterocycles. The standard InChI is InChI=1S/C20H21F4N3O/c21-16-2-1-3-17(25)19(16)26-15-8-10-27(11-9-15)18(28)12-13-4-6-14(7-5-13)20(22,23)24/h1-7,15,26H,8-12,25H2. The van der Waals surface area contributed by atoms with Crippen LogP contribution in [0, 0.1) is 5.82 Å². The number of rotatable bonds is 4. The average molecular weight is 395 g/mol. The molecule has 1 aliphatic heterocycles. The monoisotopic (exact) mass is 395 g/mol. The van der Waals surface area contributed by atoms with Crippen LogP contribution in [-0.2, 0) is 17.4 Å². The lowest BCUT2D eigenvalue weighted by molar-refractivity contribution is -0.137. The number of amides is 1. The third kappa shape index (κ3) is 4.74. The SMILES string of the molecule is Nc1cccc(F)c1NC1CCN(C(=O)Cc2ccc(C(F)(F)F)cc2)CC1. The summed E-state index contributed by atoms with van der Waals surface area (Å²) in [6.45, 7) is 0.983. The largest absolute Gasteiger partial charge is 0.416 e. The molecule has 1 aliphatic rings. The van der Waals surface area contributed by atoms with Crippen LogP contribution in [0.2, 0.25) is 0 Å². The average Bonchev–Trinajstić information content (AvgIpc) is 2.65. The van der Waals surface area contributed by atoms with E-state index in [4.69, 9.17) is 5.73 Å². The van der Waals surface area contributed by atoms with Gasteiger partial charge in [0.1, 0.15) is 5.82 Å². The summed E-state index contributed by atoms with van der Waals surface area (Å²) in [6.07, 6.45) is -3.07. The van der Waals surface area contributed by atoms with Crippen LogP contribution in [0.15, 0.2) is 42.5 Å². The maximum Gasteiger partial charge on any atom is 0.416 e. The fraction of sp³-hybridized carbons (Fsp3) is 0.350. The summed E-state index contributed by atoms with van der Waals surface area (Å²) in [5.41, 5.74) is 6.22. The number of benzene rings is 2. The van der Waals surface area contributed by atoms with Crippen molar-refractivity contribution in [1.29, 1.82) is 0 Å². The van der Waals surface area contributed by atoms with Gasteiger partial charge in [0.2, 0.25) is 5.91 Å².